The van der Waals surface area contributed by atoms with E-state index in [1.54, 1.807) is 19.2 Å². The van der Waals surface area contributed by atoms with E-state index in [9.17, 15) is 14.4 Å². The van der Waals surface area contributed by atoms with Crippen molar-refractivity contribution in [3.05, 3.63) is 34.2 Å². The second-order valence-electron chi connectivity index (χ2n) is 6.53. The van der Waals surface area contributed by atoms with E-state index in [4.69, 9.17) is 0 Å². The first-order valence-corrected chi connectivity index (χ1v) is 8.13. The third-order valence-corrected chi connectivity index (χ3v) is 4.18. The van der Waals surface area contributed by atoms with E-state index < -0.39 is 0 Å². The van der Waals surface area contributed by atoms with Crippen LogP contribution in [0.1, 0.15) is 43.6 Å². The molecule has 2 amide bonds. The minimum Gasteiger partial charge on any atom is -0.348 e. The van der Waals surface area contributed by atoms with Crippen LogP contribution >= 0.6 is 0 Å². The monoisotopic (exact) mass is 319 g/mol. The third-order valence-electron chi connectivity index (χ3n) is 4.18. The molecular formula is C17H25N3O3. The Morgan fingerprint density at radius 2 is 1.91 bits per heavy atom. The first kappa shape index (κ1) is 17.2. The summed E-state index contributed by atoms with van der Waals surface area (Å²) in [5, 5.41) is 2.97. The number of amides is 2. The van der Waals surface area contributed by atoms with E-state index in [0.29, 0.717) is 31.1 Å². The van der Waals surface area contributed by atoms with Crippen LogP contribution in [0.5, 0.6) is 0 Å². The quantitative estimate of drug-likeness (QED) is 0.905. The maximum absolute atomic E-state index is 12.3. The molecule has 0 aromatic carbocycles. The Balaban J connectivity index is 1.89. The van der Waals surface area contributed by atoms with Crippen molar-refractivity contribution in [3.63, 3.8) is 0 Å². The van der Waals surface area contributed by atoms with Crippen LogP contribution in [0.15, 0.2) is 23.0 Å². The first-order chi connectivity index (χ1) is 10.9. The standard InChI is InChI=1S/C17H25N3O3/c1-12(2)11-16(22)20-9-7-13(8-10-20)18-17(23)14-5-4-6-15(21)19(14)3/h4-6,12-13H,7-11H2,1-3H3,(H,18,23). The van der Waals surface area contributed by atoms with Crippen LogP contribution in [0.2, 0.25) is 0 Å². The molecule has 6 nitrogen and oxygen atoms in total. The summed E-state index contributed by atoms with van der Waals surface area (Å²) in [7, 11) is 1.59. The van der Waals surface area contributed by atoms with Crippen LogP contribution < -0.4 is 10.9 Å². The Morgan fingerprint density at radius 3 is 2.52 bits per heavy atom. The molecule has 1 aliphatic heterocycles. The lowest BCUT2D eigenvalue weighted by Gasteiger charge is -2.33. The summed E-state index contributed by atoms with van der Waals surface area (Å²) in [5.41, 5.74) is 0.155. The number of carbonyl (C=O) groups is 2. The molecule has 0 bridgehead atoms. The van der Waals surface area contributed by atoms with E-state index in [0.717, 1.165) is 12.8 Å². The zero-order chi connectivity index (χ0) is 17.0. The fourth-order valence-electron chi connectivity index (χ4n) is 2.80. The van der Waals surface area contributed by atoms with E-state index in [1.807, 2.05) is 18.7 Å². The fourth-order valence-corrected chi connectivity index (χ4v) is 2.80. The lowest BCUT2D eigenvalue weighted by molar-refractivity contribution is -0.133. The van der Waals surface area contributed by atoms with Gasteiger partial charge in [0.2, 0.25) is 5.91 Å². The van der Waals surface area contributed by atoms with E-state index in [1.165, 1.54) is 10.6 Å². The zero-order valence-corrected chi connectivity index (χ0v) is 14.0. The number of aromatic nitrogens is 1. The van der Waals surface area contributed by atoms with Crippen molar-refractivity contribution in [2.75, 3.05) is 13.1 Å². The Kier molecular flexibility index (Phi) is 5.58. The lowest BCUT2D eigenvalue weighted by atomic mass is 10.0. The SMILES string of the molecule is CC(C)CC(=O)N1CCC(NC(=O)c2cccc(=O)n2C)CC1. The number of hydrogen-bond acceptors (Lipinski definition) is 3. The van der Waals surface area contributed by atoms with Crippen molar-refractivity contribution >= 4 is 11.8 Å². The normalized spacial score (nSPS) is 15.7. The van der Waals surface area contributed by atoms with Gasteiger partial charge in [0.15, 0.2) is 0 Å². The number of carbonyl (C=O) groups excluding carboxylic acids is 2. The van der Waals surface area contributed by atoms with Gasteiger partial charge in [-0.2, -0.15) is 0 Å². The topological polar surface area (TPSA) is 71.4 Å². The average molecular weight is 319 g/mol. The smallest absolute Gasteiger partial charge is 0.268 e. The van der Waals surface area contributed by atoms with Gasteiger partial charge in [-0.1, -0.05) is 19.9 Å². The van der Waals surface area contributed by atoms with Crippen molar-refractivity contribution in [3.8, 4) is 0 Å². The number of piperidine rings is 1. The third kappa shape index (κ3) is 4.43. The molecule has 1 fully saturated rings. The van der Waals surface area contributed by atoms with Crippen molar-refractivity contribution in [2.24, 2.45) is 13.0 Å². The zero-order valence-electron chi connectivity index (χ0n) is 14.0. The van der Waals surface area contributed by atoms with Crippen LogP contribution in [0.25, 0.3) is 0 Å². The molecule has 1 N–H and O–H groups in total. The molecule has 6 heteroatoms. The molecule has 1 saturated heterocycles. The molecule has 23 heavy (non-hydrogen) atoms. The average Bonchev–Trinajstić information content (AvgIpc) is 2.50. The number of nitrogens with zero attached hydrogens (tertiary/aromatic N) is 2. The van der Waals surface area contributed by atoms with Crippen molar-refractivity contribution in [2.45, 2.75) is 39.2 Å². The lowest BCUT2D eigenvalue weighted by Crippen LogP contribution is -2.47. The molecular weight excluding hydrogens is 294 g/mol. The summed E-state index contributed by atoms with van der Waals surface area (Å²) in [6.45, 7) is 5.42. The minimum absolute atomic E-state index is 0.0425. The maximum atomic E-state index is 12.3. The number of nitrogens with one attached hydrogen (secondary N) is 1. The number of pyridine rings is 1. The van der Waals surface area contributed by atoms with Crippen LogP contribution in [0.4, 0.5) is 0 Å². The highest BCUT2D eigenvalue weighted by Crippen LogP contribution is 2.14. The maximum Gasteiger partial charge on any atom is 0.268 e. The van der Waals surface area contributed by atoms with E-state index in [-0.39, 0.29) is 23.4 Å². The number of likely N-dealkylation sites (tertiary alicyclic amines) is 1. The molecule has 2 rings (SSSR count). The number of rotatable bonds is 4. The molecule has 1 aromatic heterocycles. The summed E-state index contributed by atoms with van der Waals surface area (Å²) in [4.78, 5) is 37.8. The molecule has 0 unspecified atom stereocenters. The predicted octanol–water partition coefficient (Wildman–Crippen LogP) is 1.15. The molecule has 0 saturated carbocycles. The van der Waals surface area contributed by atoms with Crippen LogP contribution in [-0.2, 0) is 11.8 Å². The Morgan fingerprint density at radius 1 is 1.26 bits per heavy atom. The highest BCUT2D eigenvalue weighted by atomic mass is 16.2. The Bertz CT molecular complexity index is 628. The van der Waals surface area contributed by atoms with Crippen molar-refractivity contribution < 1.29 is 9.59 Å². The minimum atomic E-state index is -0.239. The second kappa shape index (κ2) is 7.44. The Labute approximate surface area is 136 Å². The van der Waals surface area contributed by atoms with Gasteiger partial charge in [0, 0.05) is 38.7 Å². The first-order valence-electron chi connectivity index (χ1n) is 8.13. The van der Waals surface area contributed by atoms with Gasteiger partial charge in [0.05, 0.1) is 0 Å². The summed E-state index contributed by atoms with van der Waals surface area (Å²) in [6.07, 6.45) is 2.07. The Hall–Kier alpha value is -2.11. The van der Waals surface area contributed by atoms with Gasteiger partial charge in [-0.15, -0.1) is 0 Å². The van der Waals surface area contributed by atoms with Crippen LogP contribution in [0.3, 0.4) is 0 Å². The van der Waals surface area contributed by atoms with Gasteiger partial charge in [0.25, 0.3) is 11.5 Å². The van der Waals surface area contributed by atoms with Gasteiger partial charge < -0.3 is 14.8 Å². The van der Waals surface area contributed by atoms with Gasteiger partial charge in [-0.25, -0.2) is 0 Å². The second-order valence-corrected chi connectivity index (χ2v) is 6.53. The van der Waals surface area contributed by atoms with Crippen LogP contribution in [0, 0.1) is 5.92 Å². The highest BCUT2D eigenvalue weighted by molar-refractivity contribution is 5.92. The summed E-state index contributed by atoms with van der Waals surface area (Å²) in [5.74, 6) is 0.312. The highest BCUT2D eigenvalue weighted by Gasteiger charge is 2.24. The largest absolute Gasteiger partial charge is 0.348 e. The molecule has 0 atom stereocenters. The summed E-state index contributed by atoms with van der Waals surface area (Å²) < 4.78 is 1.34. The molecule has 2 heterocycles. The fraction of sp³-hybridized carbons (Fsp3) is 0.588. The van der Waals surface area contributed by atoms with E-state index in [2.05, 4.69) is 5.32 Å². The van der Waals surface area contributed by atoms with Gasteiger partial charge >= 0.3 is 0 Å². The van der Waals surface area contributed by atoms with Crippen LogP contribution in [-0.4, -0.2) is 40.4 Å². The van der Waals surface area contributed by atoms with Gasteiger partial charge in [-0.05, 0) is 24.8 Å². The molecule has 0 aliphatic carbocycles. The van der Waals surface area contributed by atoms with Gasteiger partial charge in [0.1, 0.15) is 5.69 Å². The summed E-state index contributed by atoms with van der Waals surface area (Å²) in [6, 6.07) is 4.69. The molecule has 0 radical (unpaired) electrons. The number of hydrogen-bond donors (Lipinski definition) is 1. The molecule has 1 aliphatic rings. The van der Waals surface area contributed by atoms with E-state index >= 15 is 0 Å². The predicted molar refractivity (Wildman–Crippen MR) is 88.2 cm³/mol. The van der Waals surface area contributed by atoms with Crippen molar-refractivity contribution in [1.29, 1.82) is 0 Å². The van der Waals surface area contributed by atoms with Crippen molar-refractivity contribution in [1.82, 2.24) is 14.8 Å². The molecule has 126 valence electrons. The van der Waals surface area contributed by atoms with Gasteiger partial charge in [-0.3, -0.25) is 14.4 Å². The molecule has 0 spiro atoms. The summed E-state index contributed by atoms with van der Waals surface area (Å²) >= 11 is 0. The molecule has 1 aromatic rings.